The molecule has 0 radical (unpaired) electrons. The van der Waals surface area contributed by atoms with Crippen LogP contribution in [0.5, 0.6) is 5.75 Å². The Balaban J connectivity index is 1.92. The fourth-order valence-electron chi connectivity index (χ4n) is 2.50. The van der Waals surface area contributed by atoms with Crippen molar-refractivity contribution in [3.05, 3.63) is 69.8 Å². The fraction of sp³-hybridized carbons (Fsp3) is 0.211. The highest BCUT2D eigenvalue weighted by atomic mass is 16.5. The van der Waals surface area contributed by atoms with Crippen LogP contribution < -0.4 is 10.4 Å². The molecule has 0 saturated heterocycles. The van der Waals surface area contributed by atoms with Crippen molar-refractivity contribution in [1.82, 2.24) is 4.98 Å². The Hall–Kier alpha value is -2.95. The molecule has 3 rings (SSSR count). The number of ether oxygens (including phenoxy) is 1. The third-order valence-corrected chi connectivity index (χ3v) is 3.68. The summed E-state index contributed by atoms with van der Waals surface area (Å²) in [5, 5.41) is 0.855. The van der Waals surface area contributed by atoms with Gasteiger partial charge in [-0.3, -0.25) is 4.98 Å². The van der Waals surface area contributed by atoms with Gasteiger partial charge in [-0.15, -0.1) is 0 Å². The second kappa shape index (κ2) is 6.66. The topological polar surface area (TPSA) is 69.4 Å². The molecule has 0 N–H and O–H groups in total. The minimum atomic E-state index is -0.506. The number of aryl methyl sites for hydroxylation is 2. The zero-order valence-corrected chi connectivity index (χ0v) is 13.5. The lowest BCUT2D eigenvalue weighted by Gasteiger charge is -2.07. The van der Waals surface area contributed by atoms with E-state index < -0.39 is 11.6 Å². The maximum Gasteiger partial charge on any atom is 0.345 e. The highest BCUT2D eigenvalue weighted by Gasteiger charge is 2.11. The number of rotatable bonds is 4. The Morgan fingerprint density at radius 1 is 1.21 bits per heavy atom. The van der Waals surface area contributed by atoms with Crippen molar-refractivity contribution in [2.24, 2.45) is 0 Å². The maximum absolute atomic E-state index is 12.1. The number of carbonyl (C=O) groups excluding carboxylic acids is 1. The Morgan fingerprint density at radius 2 is 2.04 bits per heavy atom. The van der Waals surface area contributed by atoms with Crippen LogP contribution in [0.2, 0.25) is 0 Å². The summed E-state index contributed by atoms with van der Waals surface area (Å²) in [4.78, 5) is 27.9. The summed E-state index contributed by atoms with van der Waals surface area (Å²) >= 11 is 0. The monoisotopic (exact) mass is 323 g/mol. The molecule has 3 aromatic rings. The van der Waals surface area contributed by atoms with E-state index in [-0.39, 0.29) is 0 Å². The third kappa shape index (κ3) is 3.35. The van der Waals surface area contributed by atoms with Gasteiger partial charge in [0.15, 0.2) is 0 Å². The quantitative estimate of drug-likeness (QED) is 0.416. The first-order valence-electron chi connectivity index (χ1n) is 7.78. The van der Waals surface area contributed by atoms with Gasteiger partial charge in [-0.1, -0.05) is 13.3 Å². The van der Waals surface area contributed by atoms with E-state index in [2.05, 4.69) is 4.98 Å². The number of carbonyl (C=O) groups is 1. The van der Waals surface area contributed by atoms with Crippen LogP contribution >= 0.6 is 0 Å². The van der Waals surface area contributed by atoms with Gasteiger partial charge in [0.1, 0.15) is 11.3 Å². The molecule has 0 saturated carbocycles. The first kappa shape index (κ1) is 15.9. The minimum Gasteiger partial charge on any atom is -0.423 e. The molecule has 0 bridgehead atoms. The van der Waals surface area contributed by atoms with Crippen LogP contribution in [0.1, 0.15) is 35.0 Å². The van der Waals surface area contributed by atoms with Crippen molar-refractivity contribution < 1.29 is 13.9 Å². The number of nitrogens with zero attached hydrogens (tertiary/aromatic N) is 1. The fourth-order valence-corrected chi connectivity index (χ4v) is 2.50. The van der Waals surface area contributed by atoms with E-state index in [0.29, 0.717) is 16.9 Å². The second-order valence-electron chi connectivity index (χ2n) is 5.58. The molecule has 0 aliphatic rings. The highest BCUT2D eigenvalue weighted by Crippen LogP contribution is 2.24. The minimum absolute atomic E-state index is 0.324. The molecule has 5 heteroatoms. The van der Waals surface area contributed by atoms with Crippen LogP contribution in [-0.4, -0.2) is 11.0 Å². The maximum atomic E-state index is 12.1. The molecule has 122 valence electrons. The third-order valence-electron chi connectivity index (χ3n) is 3.68. The molecule has 2 heterocycles. The van der Waals surface area contributed by atoms with Crippen molar-refractivity contribution in [1.29, 1.82) is 0 Å². The standard InChI is InChI=1S/C19H17NO4/c1-3-4-13-9-18(21)24-17-10-15(7-8-16(13)17)23-19(22)14-6-5-12(2)20-11-14/h5-11H,3-4H2,1-2H3. The Labute approximate surface area is 138 Å². The van der Waals surface area contributed by atoms with Crippen molar-refractivity contribution in [3.63, 3.8) is 0 Å². The molecule has 0 aliphatic heterocycles. The summed E-state index contributed by atoms with van der Waals surface area (Å²) in [7, 11) is 0. The van der Waals surface area contributed by atoms with E-state index in [0.717, 1.165) is 29.5 Å². The highest BCUT2D eigenvalue weighted by molar-refractivity contribution is 5.91. The van der Waals surface area contributed by atoms with Gasteiger partial charge in [0.2, 0.25) is 0 Å². The summed E-state index contributed by atoms with van der Waals surface area (Å²) in [6.07, 6.45) is 3.18. The zero-order valence-electron chi connectivity index (χ0n) is 13.5. The summed E-state index contributed by atoms with van der Waals surface area (Å²) < 4.78 is 10.6. The average Bonchev–Trinajstić information content (AvgIpc) is 2.55. The van der Waals surface area contributed by atoms with Crippen molar-refractivity contribution in [2.45, 2.75) is 26.7 Å². The lowest BCUT2D eigenvalue weighted by Crippen LogP contribution is -2.09. The van der Waals surface area contributed by atoms with Crippen LogP contribution in [0.15, 0.2) is 51.8 Å². The molecule has 0 spiro atoms. The molecular formula is C19H17NO4. The molecule has 0 unspecified atom stereocenters. The van der Waals surface area contributed by atoms with Crippen LogP contribution in [0.4, 0.5) is 0 Å². The van der Waals surface area contributed by atoms with E-state index in [4.69, 9.17) is 9.15 Å². The van der Waals surface area contributed by atoms with Crippen LogP contribution in [0, 0.1) is 6.92 Å². The number of fused-ring (bicyclic) bond motifs is 1. The van der Waals surface area contributed by atoms with E-state index in [1.54, 1.807) is 30.3 Å². The molecule has 5 nitrogen and oxygen atoms in total. The summed E-state index contributed by atoms with van der Waals surface area (Å²) in [5.41, 5.74) is 2.13. The van der Waals surface area contributed by atoms with E-state index in [9.17, 15) is 9.59 Å². The molecular weight excluding hydrogens is 306 g/mol. The Bertz CT molecular complexity index is 942. The van der Waals surface area contributed by atoms with Gasteiger partial charge < -0.3 is 9.15 Å². The van der Waals surface area contributed by atoms with E-state index in [1.165, 1.54) is 12.3 Å². The molecule has 1 aromatic carbocycles. The van der Waals surface area contributed by atoms with Crippen molar-refractivity contribution in [3.8, 4) is 5.75 Å². The van der Waals surface area contributed by atoms with Crippen molar-refractivity contribution >= 4 is 16.9 Å². The van der Waals surface area contributed by atoms with Crippen molar-refractivity contribution in [2.75, 3.05) is 0 Å². The zero-order chi connectivity index (χ0) is 17.1. The molecule has 24 heavy (non-hydrogen) atoms. The number of hydrogen-bond donors (Lipinski definition) is 0. The molecule has 0 fully saturated rings. The lowest BCUT2D eigenvalue weighted by molar-refractivity contribution is 0.0734. The lowest BCUT2D eigenvalue weighted by atomic mass is 10.1. The number of hydrogen-bond acceptors (Lipinski definition) is 5. The molecule has 0 aliphatic carbocycles. The van der Waals surface area contributed by atoms with Crippen LogP contribution in [-0.2, 0) is 6.42 Å². The normalized spacial score (nSPS) is 10.8. The largest absolute Gasteiger partial charge is 0.423 e. The van der Waals surface area contributed by atoms with Crippen LogP contribution in [0.25, 0.3) is 11.0 Å². The van der Waals surface area contributed by atoms with E-state index >= 15 is 0 Å². The van der Waals surface area contributed by atoms with Gasteiger partial charge >= 0.3 is 11.6 Å². The molecule has 0 amide bonds. The second-order valence-corrected chi connectivity index (χ2v) is 5.58. The van der Waals surface area contributed by atoms with Gasteiger partial charge in [0.25, 0.3) is 0 Å². The molecule has 2 aromatic heterocycles. The number of benzene rings is 1. The first-order valence-corrected chi connectivity index (χ1v) is 7.78. The summed E-state index contributed by atoms with van der Waals surface area (Å²) in [6, 6.07) is 9.98. The smallest absolute Gasteiger partial charge is 0.345 e. The predicted octanol–water partition coefficient (Wildman–Crippen LogP) is 3.67. The average molecular weight is 323 g/mol. The van der Waals surface area contributed by atoms with Gasteiger partial charge in [0, 0.05) is 29.4 Å². The van der Waals surface area contributed by atoms with Gasteiger partial charge in [-0.2, -0.15) is 0 Å². The molecule has 0 atom stereocenters. The SMILES string of the molecule is CCCc1cc(=O)oc2cc(OC(=O)c3ccc(C)nc3)ccc12. The Kier molecular flexibility index (Phi) is 4.42. The summed E-state index contributed by atoms with van der Waals surface area (Å²) in [5.74, 6) is -0.182. The summed E-state index contributed by atoms with van der Waals surface area (Å²) in [6.45, 7) is 3.89. The van der Waals surface area contributed by atoms with Gasteiger partial charge in [-0.25, -0.2) is 9.59 Å². The predicted molar refractivity (Wildman–Crippen MR) is 90.4 cm³/mol. The number of esters is 1. The number of pyridine rings is 1. The van der Waals surface area contributed by atoms with Crippen LogP contribution in [0.3, 0.4) is 0 Å². The van der Waals surface area contributed by atoms with Gasteiger partial charge in [0.05, 0.1) is 5.56 Å². The van der Waals surface area contributed by atoms with E-state index in [1.807, 2.05) is 13.8 Å². The Morgan fingerprint density at radius 3 is 2.75 bits per heavy atom. The number of aromatic nitrogens is 1. The van der Waals surface area contributed by atoms with Gasteiger partial charge in [-0.05, 0) is 43.2 Å². The first-order chi connectivity index (χ1) is 11.6.